The predicted octanol–water partition coefficient (Wildman–Crippen LogP) is 1.03. The quantitative estimate of drug-likeness (QED) is 0.423. The van der Waals surface area contributed by atoms with E-state index < -0.39 is 12.0 Å². The molecular weight excluding hydrogens is 290 g/mol. The number of hydrazone groups is 1. The topological polar surface area (TPSA) is 112 Å². The minimum absolute atomic E-state index is 0.204. The summed E-state index contributed by atoms with van der Waals surface area (Å²) in [5.74, 6) is 0.408. The van der Waals surface area contributed by atoms with Gasteiger partial charge in [-0.25, -0.2) is 15.0 Å². The first-order valence-corrected chi connectivity index (χ1v) is 6.70. The van der Waals surface area contributed by atoms with Crippen LogP contribution in [0.3, 0.4) is 0 Å². The molecule has 0 spiro atoms. The van der Waals surface area contributed by atoms with E-state index in [1.807, 2.05) is 6.92 Å². The van der Waals surface area contributed by atoms with E-state index in [4.69, 9.17) is 19.9 Å². The van der Waals surface area contributed by atoms with Crippen LogP contribution in [0.5, 0.6) is 11.5 Å². The molecular formula is C14H19N3O5. The highest BCUT2D eigenvalue weighted by Gasteiger charge is 2.09. The molecule has 0 heterocycles. The Hall–Kier alpha value is -2.77. The average Bonchev–Trinajstić information content (AvgIpc) is 2.46. The molecule has 8 nitrogen and oxygen atoms in total. The van der Waals surface area contributed by atoms with Gasteiger partial charge in [0.05, 0.1) is 19.4 Å². The Kier molecular flexibility index (Phi) is 7.24. The number of esters is 1. The maximum absolute atomic E-state index is 11.3. The number of amides is 2. The molecule has 0 saturated heterocycles. The number of benzene rings is 1. The largest absolute Gasteiger partial charge is 0.490 e. The summed E-state index contributed by atoms with van der Waals surface area (Å²) in [6, 6.07) is 4.23. The Bertz CT molecular complexity index is 545. The number of rotatable bonds is 8. The molecule has 0 saturated carbocycles. The van der Waals surface area contributed by atoms with Crippen LogP contribution in [0.15, 0.2) is 23.3 Å². The van der Waals surface area contributed by atoms with E-state index in [9.17, 15) is 9.59 Å². The van der Waals surface area contributed by atoms with Crippen molar-refractivity contribution in [1.82, 2.24) is 5.43 Å². The van der Waals surface area contributed by atoms with Gasteiger partial charge in [-0.15, -0.1) is 0 Å². The molecule has 1 aromatic carbocycles. The van der Waals surface area contributed by atoms with Crippen molar-refractivity contribution in [2.75, 3.05) is 19.8 Å². The Morgan fingerprint density at radius 3 is 2.64 bits per heavy atom. The summed E-state index contributed by atoms with van der Waals surface area (Å²) in [7, 11) is 0. The van der Waals surface area contributed by atoms with Crippen molar-refractivity contribution >= 4 is 18.2 Å². The Balaban J connectivity index is 2.78. The zero-order valence-corrected chi connectivity index (χ0v) is 12.5. The monoisotopic (exact) mass is 309 g/mol. The Morgan fingerprint density at radius 2 is 2.00 bits per heavy atom. The molecule has 0 aromatic heterocycles. The standard InChI is InChI=1S/C14H19N3O5/c1-3-20-12-7-10(8-16-17-14(15)19)5-6-11(12)22-9-13(18)21-4-2/h5-8H,3-4,9H2,1-2H3,(H3,15,17,19). The van der Waals surface area contributed by atoms with Crippen molar-refractivity contribution in [3.8, 4) is 11.5 Å². The smallest absolute Gasteiger partial charge is 0.344 e. The van der Waals surface area contributed by atoms with Crippen molar-refractivity contribution < 1.29 is 23.8 Å². The molecule has 0 aliphatic rings. The molecule has 2 amide bonds. The normalized spacial score (nSPS) is 10.3. The minimum Gasteiger partial charge on any atom is -0.490 e. The number of carbonyl (C=O) groups excluding carboxylic acids is 2. The average molecular weight is 309 g/mol. The molecule has 0 fully saturated rings. The summed E-state index contributed by atoms with van der Waals surface area (Å²) < 4.78 is 15.6. The maximum atomic E-state index is 11.3. The molecule has 0 aliphatic heterocycles. The third-order valence-electron chi connectivity index (χ3n) is 2.31. The first-order chi connectivity index (χ1) is 10.6. The van der Waals surface area contributed by atoms with E-state index in [0.29, 0.717) is 30.3 Å². The number of urea groups is 1. The zero-order valence-electron chi connectivity index (χ0n) is 12.5. The van der Waals surface area contributed by atoms with E-state index in [2.05, 4.69) is 10.5 Å². The number of nitrogens with one attached hydrogen (secondary N) is 1. The van der Waals surface area contributed by atoms with E-state index in [0.717, 1.165) is 0 Å². The SMILES string of the molecule is CCOC(=O)COc1ccc(C=NNC(N)=O)cc1OCC. The Morgan fingerprint density at radius 1 is 1.23 bits per heavy atom. The summed E-state index contributed by atoms with van der Waals surface area (Å²) in [4.78, 5) is 21.8. The summed E-state index contributed by atoms with van der Waals surface area (Å²) >= 11 is 0. The molecule has 22 heavy (non-hydrogen) atoms. The predicted molar refractivity (Wildman–Crippen MR) is 80.1 cm³/mol. The van der Waals surface area contributed by atoms with Gasteiger partial charge in [0.1, 0.15) is 0 Å². The molecule has 0 aliphatic carbocycles. The number of primary amides is 1. The third-order valence-corrected chi connectivity index (χ3v) is 2.31. The molecule has 0 bridgehead atoms. The van der Waals surface area contributed by atoms with Crippen LogP contribution in [0.4, 0.5) is 4.79 Å². The van der Waals surface area contributed by atoms with Gasteiger partial charge < -0.3 is 19.9 Å². The van der Waals surface area contributed by atoms with Crippen LogP contribution in [0.25, 0.3) is 0 Å². The van der Waals surface area contributed by atoms with Crippen LogP contribution in [0.1, 0.15) is 19.4 Å². The van der Waals surface area contributed by atoms with Crippen molar-refractivity contribution in [2.24, 2.45) is 10.8 Å². The lowest BCUT2D eigenvalue weighted by atomic mass is 10.2. The molecule has 1 aromatic rings. The molecule has 0 atom stereocenters. The number of nitrogens with zero attached hydrogens (tertiary/aromatic N) is 1. The van der Waals surface area contributed by atoms with Crippen LogP contribution in [0, 0.1) is 0 Å². The number of hydrogen-bond acceptors (Lipinski definition) is 6. The van der Waals surface area contributed by atoms with Gasteiger partial charge in [0.2, 0.25) is 0 Å². The van der Waals surface area contributed by atoms with Crippen LogP contribution in [-0.2, 0) is 9.53 Å². The van der Waals surface area contributed by atoms with Gasteiger partial charge in [0, 0.05) is 0 Å². The van der Waals surface area contributed by atoms with Gasteiger partial charge in [0.15, 0.2) is 18.1 Å². The lowest BCUT2D eigenvalue weighted by molar-refractivity contribution is -0.145. The highest BCUT2D eigenvalue weighted by atomic mass is 16.6. The first kappa shape index (κ1) is 17.3. The second kappa shape index (κ2) is 9.22. The lowest BCUT2D eigenvalue weighted by Gasteiger charge is -2.12. The highest BCUT2D eigenvalue weighted by Crippen LogP contribution is 2.28. The van der Waals surface area contributed by atoms with Crippen molar-refractivity contribution in [3.05, 3.63) is 23.8 Å². The minimum atomic E-state index is -0.754. The Labute approximate surface area is 128 Å². The molecule has 120 valence electrons. The highest BCUT2D eigenvalue weighted by molar-refractivity contribution is 5.82. The fourth-order valence-corrected chi connectivity index (χ4v) is 1.50. The van der Waals surface area contributed by atoms with Gasteiger partial charge >= 0.3 is 12.0 Å². The molecule has 0 radical (unpaired) electrons. The molecule has 0 unspecified atom stereocenters. The van der Waals surface area contributed by atoms with Crippen molar-refractivity contribution in [1.29, 1.82) is 0 Å². The summed E-state index contributed by atoms with van der Waals surface area (Å²) in [6.07, 6.45) is 1.41. The van der Waals surface area contributed by atoms with Gasteiger partial charge in [0.25, 0.3) is 0 Å². The fourth-order valence-electron chi connectivity index (χ4n) is 1.50. The summed E-state index contributed by atoms with van der Waals surface area (Å²) in [5, 5.41) is 3.65. The summed E-state index contributed by atoms with van der Waals surface area (Å²) in [5.41, 5.74) is 7.66. The van der Waals surface area contributed by atoms with Gasteiger partial charge in [-0.05, 0) is 37.6 Å². The van der Waals surface area contributed by atoms with E-state index in [1.54, 1.807) is 25.1 Å². The zero-order chi connectivity index (χ0) is 16.4. The van der Waals surface area contributed by atoms with E-state index in [-0.39, 0.29) is 6.61 Å². The van der Waals surface area contributed by atoms with Gasteiger partial charge in [-0.2, -0.15) is 5.10 Å². The van der Waals surface area contributed by atoms with Gasteiger partial charge in [-0.3, -0.25) is 0 Å². The second-order valence-corrected chi connectivity index (χ2v) is 3.97. The fraction of sp³-hybridized carbons (Fsp3) is 0.357. The lowest BCUT2D eigenvalue weighted by Crippen LogP contribution is -2.24. The van der Waals surface area contributed by atoms with Crippen LogP contribution >= 0.6 is 0 Å². The molecule has 3 N–H and O–H groups in total. The van der Waals surface area contributed by atoms with Gasteiger partial charge in [-0.1, -0.05) is 0 Å². The second-order valence-electron chi connectivity index (χ2n) is 3.97. The third kappa shape index (κ3) is 6.12. The number of nitrogens with two attached hydrogens (primary N) is 1. The van der Waals surface area contributed by atoms with Crippen molar-refractivity contribution in [2.45, 2.75) is 13.8 Å². The van der Waals surface area contributed by atoms with Crippen LogP contribution in [-0.4, -0.2) is 38.0 Å². The van der Waals surface area contributed by atoms with E-state index in [1.165, 1.54) is 6.21 Å². The first-order valence-electron chi connectivity index (χ1n) is 6.70. The molecule has 1 rings (SSSR count). The van der Waals surface area contributed by atoms with Crippen molar-refractivity contribution in [3.63, 3.8) is 0 Å². The molecule has 8 heteroatoms. The number of hydrogen-bond donors (Lipinski definition) is 2. The van der Waals surface area contributed by atoms with E-state index >= 15 is 0 Å². The van der Waals surface area contributed by atoms with Crippen LogP contribution < -0.4 is 20.6 Å². The van der Waals surface area contributed by atoms with Crippen LogP contribution in [0.2, 0.25) is 0 Å². The summed E-state index contributed by atoms with van der Waals surface area (Å²) in [6.45, 7) is 4.06. The number of ether oxygens (including phenoxy) is 3. The maximum Gasteiger partial charge on any atom is 0.344 e. The number of carbonyl (C=O) groups is 2.